The summed E-state index contributed by atoms with van der Waals surface area (Å²) in [5.74, 6) is 0.00910. The van der Waals surface area contributed by atoms with Gasteiger partial charge in [0, 0.05) is 13.0 Å². The van der Waals surface area contributed by atoms with E-state index in [4.69, 9.17) is 4.74 Å². The maximum Gasteiger partial charge on any atom is 0.308 e. The fourth-order valence-electron chi connectivity index (χ4n) is 2.43. The molecule has 1 fully saturated rings. The van der Waals surface area contributed by atoms with Crippen LogP contribution in [0.2, 0.25) is 0 Å². The molecule has 0 N–H and O–H groups in total. The molecule has 0 aromatic heterocycles. The average molecular weight is 329 g/mol. The molecule has 0 spiro atoms. The van der Waals surface area contributed by atoms with Gasteiger partial charge in [-0.05, 0) is 31.6 Å². The summed E-state index contributed by atoms with van der Waals surface area (Å²) in [6.07, 6.45) is 5.49. The van der Waals surface area contributed by atoms with Crippen LogP contribution in [0.25, 0.3) is 0 Å². The third-order valence-electron chi connectivity index (χ3n) is 3.59. The second-order valence-corrected chi connectivity index (χ2v) is 5.45. The van der Waals surface area contributed by atoms with Gasteiger partial charge in [0.05, 0.1) is 13.0 Å². The lowest BCUT2D eigenvalue weighted by atomic mass is 9.82. The van der Waals surface area contributed by atoms with Crippen LogP contribution in [0.5, 0.6) is 0 Å². The van der Waals surface area contributed by atoms with Crippen molar-refractivity contribution in [2.24, 2.45) is 11.8 Å². The summed E-state index contributed by atoms with van der Waals surface area (Å²) in [7, 11) is 1.41. The first kappa shape index (κ1) is 23.9. The van der Waals surface area contributed by atoms with Crippen LogP contribution in [-0.4, -0.2) is 36.8 Å². The topological polar surface area (TPSA) is 63.7 Å². The summed E-state index contributed by atoms with van der Waals surface area (Å²) in [6, 6.07) is 0. The van der Waals surface area contributed by atoms with Crippen LogP contribution < -0.4 is 0 Å². The monoisotopic (exact) mass is 329 g/mol. The Hall–Kier alpha value is -1.39. The van der Waals surface area contributed by atoms with Crippen molar-refractivity contribution in [2.75, 3.05) is 13.7 Å². The molecule has 1 saturated carbocycles. The van der Waals surface area contributed by atoms with Gasteiger partial charge in [0.1, 0.15) is 0 Å². The number of carbonyl (C=O) groups is 3. The minimum Gasteiger partial charge on any atom is -0.469 e. The van der Waals surface area contributed by atoms with Crippen molar-refractivity contribution >= 4 is 18.3 Å². The molecule has 0 aromatic rings. The normalized spacial score (nSPS) is 19.2. The van der Waals surface area contributed by atoms with Crippen molar-refractivity contribution in [1.29, 1.82) is 0 Å². The van der Waals surface area contributed by atoms with Gasteiger partial charge in [0.2, 0.25) is 12.3 Å². The van der Waals surface area contributed by atoms with E-state index in [-0.39, 0.29) is 17.8 Å². The van der Waals surface area contributed by atoms with Crippen molar-refractivity contribution in [3.63, 3.8) is 0 Å². The molecule has 1 rings (SSSR count). The van der Waals surface area contributed by atoms with E-state index in [2.05, 4.69) is 13.8 Å². The second kappa shape index (κ2) is 15.5. The Bertz CT molecular complexity index is 323. The van der Waals surface area contributed by atoms with E-state index in [1.165, 1.54) is 18.4 Å². The first-order valence-corrected chi connectivity index (χ1v) is 8.86. The molecule has 2 amide bonds. The van der Waals surface area contributed by atoms with Crippen LogP contribution in [0.1, 0.15) is 73.1 Å². The zero-order valence-electron chi connectivity index (χ0n) is 15.8. The molecule has 1 aliphatic rings. The van der Waals surface area contributed by atoms with Crippen LogP contribution in [0.4, 0.5) is 0 Å². The van der Waals surface area contributed by atoms with E-state index >= 15 is 0 Å². The first-order chi connectivity index (χ1) is 11.0. The highest BCUT2D eigenvalue weighted by molar-refractivity contribution is 5.85. The quantitative estimate of drug-likeness (QED) is 0.568. The molecule has 0 unspecified atom stereocenters. The van der Waals surface area contributed by atoms with E-state index in [0.717, 1.165) is 25.7 Å². The van der Waals surface area contributed by atoms with Crippen LogP contribution in [0.3, 0.4) is 0 Å². The third-order valence-corrected chi connectivity index (χ3v) is 3.59. The summed E-state index contributed by atoms with van der Waals surface area (Å²) in [5.41, 5.74) is 0. The van der Waals surface area contributed by atoms with Crippen LogP contribution in [0, 0.1) is 11.8 Å². The van der Waals surface area contributed by atoms with E-state index in [1.807, 2.05) is 13.8 Å². The van der Waals surface area contributed by atoms with Gasteiger partial charge >= 0.3 is 5.97 Å². The van der Waals surface area contributed by atoms with Gasteiger partial charge in [-0.2, -0.15) is 0 Å². The molecule has 5 heteroatoms. The summed E-state index contributed by atoms with van der Waals surface area (Å²) >= 11 is 0. The minimum atomic E-state index is -0.148. The fourth-order valence-corrected chi connectivity index (χ4v) is 2.43. The standard InChI is InChI=1S/C13H21NO4.C3H8.C2H6/c1-3-12(16)14(9-15)8-10-4-6-11(7-5-10)13(17)18-2;1-3-2;1-2/h9-11H,3-8H2,1-2H3;3H2,1-2H3;1-2H3. The lowest BCUT2D eigenvalue weighted by Crippen LogP contribution is -2.35. The summed E-state index contributed by atoms with van der Waals surface area (Å²) in [6.45, 7) is 10.5. The fraction of sp³-hybridized carbons (Fsp3) is 0.833. The number of hydrogen-bond donors (Lipinski definition) is 0. The van der Waals surface area contributed by atoms with Crippen molar-refractivity contribution in [2.45, 2.75) is 73.1 Å². The largest absolute Gasteiger partial charge is 0.469 e. The van der Waals surface area contributed by atoms with E-state index in [0.29, 0.717) is 25.3 Å². The van der Waals surface area contributed by atoms with Crippen LogP contribution in [-0.2, 0) is 19.1 Å². The third kappa shape index (κ3) is 10.1. The predicted octanol–water partition coefficient (Wildman–Crippen LogP) is 3.80. The molecule has 0 bridgehead atoms. The van der Waals surface area contributed by atoms with Crippen molar-refractivity contribution in [3.05, 3.63) is 0 Å². The molecular formula is C18H35NO4. The highest BCUT2D eigenvalue weighted by atomic mass is 16.5. The van der Waals surface area contributed by atoms with Crippen molar-refractivity contribution < 1.29 is 19.1 Å². The summed E-state index contributed by atoms with van der Waals surface area (Å²) in [4.78, 5) is 34.9. The molecule has 0 aromatic carbocycles. The number of imide groups is 1. The number of carbonyl (C=O) groups excluding carboxylic acids is 3. The van der Waals surface area contributed by atoms with Gasteiger partial charge < -0.3 is 4.74 Å². The van der Waals surface area contributed by atoms with Gasteiger partial charge in [0.25, 0.3) is 0 Å². The molecule has 23 heavy (non-hydrogen) atoms. The van der Waals surface area contributed by atoms with Crippen LogP contribution in [0.15, 0.2) is 0 Å². The molecular weight excluding hydrogens is 294 g/mol. The Balaban J connectivity index is 0. The Morgan fingerprint density at radius 1 is 1.09 bits per heavy atom. The lowest BCUT2D eigenvalue weighted by molar-refractivity contribution is -0.147. The Morgan fingerprint density at radius 3 is 1.91 bits per heavy atom. The van der Waals surface area contributed by atoms with Gasteiger partial charge in [-0.3, -0.25) is 19.3 Å². The van der Waals surface area contributed by atoms with Crippen molar-refractivity contribution in [1.82, 2.24) is 4.90 Å². The van der Waals surface area contributed by atoms with Crippen molar-refractivity contribution in [3.8, 4) is 0 Å². The molecule has 136 valence electrons. The Kier molecular flexibility index (Phi) is 16.1. The number of nitrogens with zero attached hydrogens (tertiary/aromatic N) is 1. The number of methoxy groups -OCH3 is 1. The molecule has 0 heterocycles. The number of amides is 2. The number of esters is 1. The van der Waals surface area contributed by atoms with Gasteiger partial charge in [-0.25, -0.2) is 0 Å². The molecule has 0 atom stereocenters. The van der Waals surface area contributed by atoms with Gasteiger partial charge in [0.15, 0.2) is 0 Å². The summed E-state index contributed by atoms with van der Waals surface area (Å²) in [5, 5.41) is 0. The number of hydrogen-bond acceptors (Lipinski definition) is 4. The second-order valence-electron chi connectivity index (χ2n) is 5.45. The number of rotatable bonds is 5. The van der Waals surface area contributed by atoms with E-state index in [1.54, 1.807) is 6.92 Å². The smallest absolute Gasteiger partial charge is 0.308 e. The number of ether oxygens (including phenoxy) is 1. The van der Waals surface area contributed by atoms with Gasteiger partial charge in [-0.15, -0.1) is 0 Å². The highest BCUT2D eigenvalue weighted by Gasteiger charge is 2.28. The molecule has 0 aliphatic heterocycles. The zero-order valence-corrected chi connectivity index (χ0v) is 15.8. The SMILES string of the molecule is CC.CCC.CCC(=O)N(C=O)CC1CCC(C(=O)OC)CC1. The Labute approximate surface area is 141 Å². The summed E-state index contributed by atoms with van der Waals surface area (Å²) < 4.78 is 4.72. The van der Waals surface area contributed by atoms with E-state index in [9.17, 15) is 14.4 Å². The Morgan fingerprint density at radius 2 is 1.57 bits per heavy atom. The maximum absolute atomic E-state index is 11.5. The van der Waals surface area contributed by atoms with E-state index < -0.39 is 0 Å². The molecule has 5 nitrogen and oxygen atoms in total. The molecule has 0 saturated heterocycles. The van der Waals surface area contributed by atoms with Crippen LogP contribution >= 0.6 is 0 Å². The zero-order chi connectivity index (χ0) is 18.3. The lowest BCUT2D eigenvalue weighted by Gasteiger charge is -2.29. The predicted molar refractivity (Wildman–Crippen MR) is 92.8 cm³/mol. The highest BCUT2D eigenvalue weighted by Crippen LogP contribution is 2.29. The molecule has 0 radical (unpaired) electrons. The minimum absolute atomic E-state index is 0.0159. The first-order valence-electron chi connectivity index (χ1n) is 8.86. The van der Waals surface area contributed by atoms with Gasteiger partial charge in [-0.1, -0.05) is 41.0 Å². The molecule has 1 aliphatic carbocycles. The average Bonchev–Trinajstić information content (AvgIpc) is 2.61. The maximum atomic E-state index is 11.5.